The molecule has 0 bridgehead atoms. The zero-order valence-electron chi connectivity index (χ0n) is 16.7. The van der Waals surface area contributed by atoms with Crippen molar-refractivity contribution in [1.82, 2.24) is 20.0 Å². The van der Waals surface area contributed by atoms with E-state index in [0.717, 1.165) is 25.9 Å². The third kappa shape index (κ3) is 4.67. The van der Waals surface area contributed by atoms with Crippen LogP contribution in [-0.2, 0) is 0 Å². The highest BCUT2D eigenvalue weighted by molar-refractivity contribution is 5.95. The van der Waals surface area contributed by atoms with E-state index < -0.39 is 5.63 Å². The van der Waals surface area contributed by atoms with Gasteiger partial charge in [0.25, 0.3) is 5.91 Å². The summed E-state index contributed by atoms with van der Waals surface area (Å²) in [6, 6.07) is 1.77. The Kier molecular flexibility index (Phi) is 7.48. The van der Waals surface area contributed by atoms with E-state index in [1.54, 1.807) is 30.8 Å². The first-order valence-corrected chi connectivity index (χ1v) is 9.49. The maximum absolute atomic E-state index is 12.9. The Labute approximate surface area is 171 Å². The number of hydrogen-bond acceptors (Lipinski definition) is 5. The standard InChI is InChI=1S/C19H28N4O4.ClH/c1-13-11-15(14-5-4-6-20-12-14)27-18(25)16(13)17(24)22-7-9-23(10-8-22)19(26)21(2)3;/h11,14,20H,4-10,12H2,1-3H3;1H. The van der Waals surface area contributed by atoms with Crippen molar-refractivity contribution in [2.24, 2.45) is 0 Å². The van der Waals surface area contributed by atoms with Crippen LogP contribution in [0, 0.1) is 6.92 Å². The molecule has 2 aliphatic rings. The first kappa shape index (κ1) is 22.2. The van der Waals surface area contributed by atoms with E-state index in [4.69, 9.17) is 4.42 Å². The van der Waals surface area contributed by atoms with Gasteiger partial charge in [-0.2, -0.15) is 0 Å². The monoisotopic (exact) mass is 412 g/mol. The molecule has 1 unspecified atom stereocenters. The van der Waals surface area contributed by atoms with Crippen LogP contribution >= 0.6 is 12.4 Å². The van der Waals surface area contributed by atoms with Gasteiger partial charge in [0.2, 0.25) is 0 Å². The van der Waals surface area contributed by atoms with E-state index in [0.29, 0.717) is 37.5 Å². The van der Waals surface area contributed by atoms with Crippen LogP contribution < -0.4 is 10.9 Å². The van der Waals surface area contributed by atoms with Gasteiger partial charge >= 0.3 is 11.7 Å². The van der Waals surface area contributed by atoms with Gasteiger partial charge in [-0.1, -0.05) is 0 Å². The fraction of sp³-hybridized carbons (Fsp3) is 0.632. The fourth-order valence-electron chi connectivity index (χ4n) is 3.73. The van der Waals surface area contributed by atoms with Crippen LogP contribution in [0.25, 0.3) is 0 Å². The summed E-state index contributed by atoms with van der Waals surface area (Å²) in [4.78, 5) is 42.3. The summed E-state index contributed by atoms with van der Waals surface area (Å²) in [6.45, 7) is 5.29. The van der Waals surface area contributed by atoms with Crippen LogP contribution in [0.3, 0.4) is 0 Å². The summed E-state index contributed by atoms with van der Waals surface area (Å²) in [6.07, 6.45) is 2.02. The molecule has 3 heterocycles. The summed E-state index contributed by atoms with van der Waals surface area (Å²) < 4.78 is 5.52. The fourth-order valence-corrected chi connectivity index (χ4v) is 3.73. The molecule has 1 aromatic heterocycles. The van der Waals surface area contributed by atoms with Gasteiger partial charge in [-0.3, -0.25) is 4.79 Å². The van der Waals surface area contributed by atoms with Crippen molar-refractivity contribution in [1.29, 1.82) is 0 Å². The van der Waals surface area contributed by atoms with Crippen molar-refractivity contribution in [3.05, 3.63) is 33.4 Å². The van der Waals surface area contributed by atoms with E-state index >= 15 is 0 Å². The molecule has 28 heavy (non-hydrogen) atoms. The second kappa shape index (κ2) is 9.43. The van der Waals surface area contributed by atoms with E-state index in [9.17, 15) is 14.4 Å². The third-order valence-electron chi connectivity index (χ3n) is 5.30. The van der Waals surface area contributed by atoms with Crippen LogP contribution in [0.1, 0.15) is 40.4 Å². The zero-order valence-corrected chi connectivity index (χ0v) is 17.5. The summed E-state index contributed by atoms with van der Waals surface area (Å²) >= 11 is 0. The van der Waals surface area contributed by atoms with Gasteiger partial charge in [-0.05, 0) is 37.9 Å². The zero-order chi connectivity index (χ0) is 19.6. The molecule has 3 rings (SSSR count). The lowest BCUT2D eigenvalue weighted by molar-refractivity contribution is 0.0644. The largest absolute Gasteiger partial charge is 0.427 e. The minimum atomic E-state index is -0.563. The molecule has 0 radical (unpaired) electrons. The number of halogens is 1. The Bertz CT molecular complexity index is 766. The molecule has 0 saturated carbocycles. The predicted octanol–water partition coefficient (Wildman–Crippen LogP) is 1.28. The average molecular weight is 413 g/mol. The lowest BCUT2D eigenvalue weighted by atomic mass is 9.95. The summed E-state index contributed by atoms with van der Waals surface area (Å²) in [7, 11) is 3.41. The first-order chi connectivity index (χ1) is 12.9. The number of piperidine rings is 1. The number of urea groups is 1. The van der Waals surface area contributed by atoms with Crippen LogP contribution in [0.2, 0.25) is 0 Å². The molecular weight excluding hydrogens is 384 g/mol. The molecular formula is C19H29ClN4O4. The smallest absolute Gasteiger partial charge is 0.349 e. The van der Waals surface area contributed by atoms with Crippen molar-refractivity contribution in [2.45, 2.75) is 25.7 Å². The number of nitrogens with zero attached hydrogens (tertiary/aromatic N) is 3. The van der Waals surface area contributed by atoms with E-state index in [2.05, 4.69) is 5.32 Å². The third-order valence-corrected chi connectivity index (χ3v) is 5.30. The molecule has 3 amide bonds. The molecule has 2 fully saturated rings. The summed E-state index contributed by atoms with van der Waals surface area (Å²) in [5.41, 5.74) is 0.200. The van der Waals surface area contributed by atoms with Crippen LogP contribution in [-0.4, -0.2) is 80.0 Å². The molecule has 1 N–H and O–H groups in total. The van der Waals surface area contributed by atoms with Crippen molar-refractivity contribution >= 4 is 24.3 Å². The number of rotatable bonds is 2. The number of carbonyl (C=O) groups excluding carboxylic acids is 2. The molecule has 8 nitrogen and oxygen atoms in total. The van der Waals surface area contributed by atoms with Crippen molar-refractivity contribution < 1.29 is 14.0 Å². The molecule has 9 heteroatoms. The molecule has 2 saturated heterocycles. The van der Waals surface area contributed by atoms with Crippen LogP contribution in [0.15, 0.2) is 15.3 Å². The van der Waals surface area contributed by atoms with Gasteiger partial charge in [-0.25, -0.2) is 9.59 Å². The molecule has 0 aliphatic carbocycles. The SMILES string of the molecule is Cc1cc(C2CCCNC2)oc(=O)c1C(=O)N1CCN(C(=O)N(C)C)CC1.Cl. The van der Waals surface area contributed by atoms with E-state index in [-0.39, 0.29) is 35.8 Å². The highest BCUT2D eigenvalue weighted by Crippen LogP contribution is 2.24. The topological polar surface area (TPSA) is 86.1 Å². The predicted molar refractivity (Wildman–Crippen MR) is 108 cm³/mol. The van der Waals surface area contributed by atoms with Gasteiger partial charge in [0.15, 0.2) is 0 Å². The number of nitrogens with one attached hydrogen (secondary N) is 1. The second-order valence-electron chi connectivity index (χ2n) is 7.49. The Morgan fingerprint density at radius 1 is 1.18 bits per heavy atom. The maximum Gasteiger partial charge on any atom is 0.349 e. The van der Waals surface area contributed by atoms with Crippen molar-refractivity contribution in [3.63, 3.8) is 0 Å². The molecule has 1 atom stereocenters. The van der Waals surface area contributed by atoms with Gasteiger partial charge in [0.05, 0.1) is 0 Å². The maximum atomic E-state index is 12.9. The van der Waals surface area contributed by atoms with Crippen LogP contribution in [0.5, 0.6) is 0 Å². The molecule has 156 valence electrons. The quantitative estimate of drug-likeness (QED) is 0.790. The summed E-state index contributed by atoms with van der Waals surface area (Å²) in [5.74, 6) is 0.518. The Hall–Kier alpha value is -2.06. The van der Waals surface area contributed by atoms with E-state index in [1.165, 1.54) is 4.90 Å². The van der Waals surface area contributed by atoms with Crippen molar-refractivity contribution in [2.75, 3.05) is 53.4 Å². The number of carbonyl (C=O) groups is 2. The molecule has 0 spiro atoms. The molecule has 2 aliphatic heterocycles. The van der Waals surface area contributed by atoms with Gasteiger partial charge in [0, 0.05) is 52.7 Å². The normalized spacial score (nSPS) is 19.8. The average Bonchev–Trinajstić information content (AvgIpc) is 2.67. The van der Waals surface area contributed by atoms with Gasteiger partial charge in [-0.15, -0.1) is 12.4 Å². The number of hydrogen-bond donors (Lipinski definition) is 1. The van der Waals surface area contributed by atoms with Crippen LogP contribution in [0.4, 0.5) is 4.79 Å². The second-order valence-corrected chi connectivity index (χ2v) is 7.49. The number of amides is 3. The Balaban J connectivity index is 0.00000280. The number of piperazine rings is 1. The minimum Gasteiger partial charge on any atom is -0.427 e. The minimum absolute atomic E-state index is 0. The Morgan fingerprint density at radius 2 is 1.82 bits per heavy atom. The van der Waals surface area contributed by atoms with Gasteiger partial charge < -0.3 is 24.4 Å². The Morgan fingerprint density at radius 3 is 2.36 bits per heavy atom. The van der Waals surface area contributed by atoms with Crippen molar-refractivity contribution in [3.8, 4) is 0 Å². The highest BCUT2D eigenvalue weighted by atomic mass is 35.5. The molecule has 0 aromatic carbocycles. The summed E-state index contributed by atoms with van der Waals surface area (Å²) in [5, 5.41) is 3.31. The highest BCUT2D eigenvalue weighted by Gasteiger charge is 2.29. The molecule has 1 aromatic rings. The lowest BCUT2D eigenvalue weighted by Gasteiger charge is -2.36. The first-order valence-electron chi connectivity index (χ1n) is 9.49. The lowest BCUT2D eigenvalue weighted by Crippen LogP contribution is -2.53. The van der Waals surface area contributed by atoms with Gasteiger partial charge in [0.1, 0.15) is 11.3 Å². The van der Waals surface area contributed by atoms with E-state index in [1.807, 2.05) is 6.07 Å². The number of aryl methyl sites for hydroxylation is 1.